The zero-order valence-electron chi connectivity index (χ0n) is 13.8. The van der Waals surface area contributed by atoms with Gasteiger partial charge in [0.15, 0.2) is 0 Å². The smallest absolute Gasteiger partial charge is 0.0653 e. The highest BCUT2D eigenvalue weighted by Gasteiger charge is 2.64. The van der Waals surface area contributed by atoms with Crippen LogP contribution in [-0.2, 0) is 0 Å². The number of fused-ring (bicyclic) bond motifs is 3. The molecule has 2 nitrogen and oxygen atoms in total. The maximum absolute atomic E-state index is 11.0. The summed E-state index contributed by atoms with van der Waals surface area (Å²) in [5, 5.41) is 20.7. The zero-order chi connectivity index (χ0) is 14.9. The number of hydrogen-bond donors (Lipinski definition) is 2. The Hall–Kier alpha value is -0.0800. The number of rotatable bonds is 1. The van der Waals surface area contributed by atoms with E-state index in [-0.39, 0.29) is 0 Å². The lowest BCUT2D eigenvalue weighted by molar-refractivity contribution is -0.180. The van der Waals surface area contributed by atoms with E-state index in [0.717, 1.165) is 18.3 Å². The highest BCUT2D eigenvalue weighted by Crippen LogP contribution is 2.71. The van der Waals surface area contributed by atoms with Crippen LogP contribution in [0, 0.1) is 34.5 Å². The third kappa shape index (κ3) is 1.84. The van der Waals surface area contributed by atoms with Crippen molar-refractivity contribution in [2.24, 2.45) is 34.5 Å². The molecule has 21 heavy (non-hydrogen) atoms. The highest BCUT2D eigenvalue weighted by atomic mass is 16.3. The summed E-state index contributed by atoms with van der Waals surface area (Å²) in [5.41, 5.74) is 0.407. The van der Waals surface area contributed by atoms with Crippen LogP contribution in [0.5, 0.6) is 0 Å². The minimum Gasteiger partial charge on any atom is -0.396 e. The lowest BCUT2D eigenvalue weighted by Gasteiger charge is -2.63. The first kappa shape index (κ1) is 14.5. The van der Waals surface area contributed by atoms with Gasteiger partial charge in [0.05, 0.1) is 5.60 Å². The first-order chi connectivity index (χ1) is 9.91. The predicted octanol–water partition coefficient (Wildman–Crippen LogP) is 3.75. The van der Waals surface area contributed by atoms with Gasteiger partial charge in [0.2, 0.25) is 0 Å². The van der Waals surface area contributed by atoms with Gasteiger partial charge in [-0.2, -0.15) is 0 Å². The van der Waals surface area contributed by atoms with E-state index in [9.17, 15) is 10.2 Å². The van der Waals surface area contributed by atoms with Gasteiger partial charge in [0, 0.05) is 6.61 Å². The second kappa shape index (κ2) is 4.47. The summed E-state index contributed by atoms with van der Waals surface area (Å²) in [5.74, 6) is 2.65. The summed E-state index contributed by atoms with van der Waals surface area (Å²) < 4.78 is 0. The Morgan fingerprint density at radius 3 is 2.52 bits per heavy atom. The van der Waals surface area contributed by atoms with E-state index >= 15 is 0 Å². The highest BCUT2D eigenvalue weighted by molar-refractivity contribution is 5.13. The monoisotopic (exact) mass is 292 g/mol. The molecular weight excluding hydrogens is 260 g/mol. The van der Waals surface area contributed by atoms with Crippen molar-refractivity contribution in [1.82, 2.24) is 0 Å². The topological polar surface area (TPSA) is 40.5 Å². The fourth-order valence-corrected chi connectivity index (χ4v) is 7.77. The van der Waals surface area contributed by atoms with Gasteiger partial charge in [-0.1, -0.05) is 13.3 Å². The fraction of sp³-hybridized carbons (Fsp3) is 1.00. The van der Waals surface area contributed by atoms with Crippen molar-refractivity contribution in [1.29, 1.82) is 0 Å². The van der Waals surface area contributed by atoms with Crippen LogP contribution >= 0.6 is 0 Å². The van der Waals surface area contributed by atoms with E-state index in [4.69, 9.17) is 0 Å². The summed E-state index contributed by atoms with van der Waals surface area (Å²) in [6, 6.07) is 0. The standard InChI is InChI=1S/C19H32O2/c1-17-7-3-8-18(2,21)15(17)6-9-19-10-13(4-5-16(17)19)14(11-19)12-20/h13-16,20-21H,3-12H2,1-2H3/t13?,14-,15+,16+,17-,18-,19-/m1/s1. The van der Waals surface area contributed by atoms with Crippen LogP contribution in [0.4, 0.5) is 0 Å². The Labute approximate surface area is 129 Å². The summed E-state index contributed by atoms with van der Waals surface area (Å²) in [4.78, 5) is 0. The van der Waals surface area contributed by atoms with Crippen LogP contribution in [0.1, 0.15) is 71.6 Å². The molecule has 0 aromatic carbocycles. The molecule has 120 valence electrons. The molecule has 2 heteroatoms. The van der Waals surface area contributed by atoms with Crippen LogP contribution < -0.4 is 0 Å². The van der Waals surface area contributed by atoms with Crippen LogP contribution in [0.25, 0.3) is 0 Å². The third-order valence-electron chi connectivity index (χ3n) is 8.48. The second-order valence-electron chi connectivity index (χ2n) is 9.41. The molecule has 0 amide bonds. The lowest BCUT2D eigenvalue weighted by Crippen LogP contribution is -2.58. The first-order valence-corrected chi connectivity index (χ1v) is 9.25. The Morgan fingerprint density at radius 1 is 0.952 bits per heavy atom. The van der Waals surface area contributed by atoms with Crippen LogP contribution in [-0.4, -0.2) is 22.4 Å². The summed E-state index contributed by atoms with van der Waals surface area (Å²) in [7, 11) is 0. The van der Waals surface area contributed by atoms with E-state index in [1.54, 1.807) is 0 Å². The van der Waals surface area contributed by atoms with Gasteiger partial charge in [-0.05, 0) is 92.8 Å². The summed E-state index contributed by atoms with van der Waals surface area (Å²) in [6.45, 7) is 5.00. The molecule has 0 radical (unpaired) electrons. The van der Waals surface area contributed by atoms with Crippen molar-refractivity contribution in [3.8, 4) is 0 Å². The quantitative estimate of drug-likeness (QED) is 0.772. The van der Waals surface area contributed by atoms with Crippen molar-refractivity contribution < 1.29 is 10.2 Å². The lowest BCUT2D eigenvalue weighted by atomic mass is 9.43. The van der Waals surface area contributed by atoms with E-state index in [2.05, 4.69) is 13.8 Å². The van der Waals surface area contributed by atoms with Crippen molar-refractivity contribution in [3.63, 3.8) is 0 Å². The SMILES string of the molecule is C[C@@]12CCC[C@@](C)(O)[C@H]1CC[C@]13CC(CC[C@H]12)[C@@H](CO)C3. The number of hydrogen-bond acceptors (Lipinski definition) is 2. The molecular formula is C19H32O2. The van der Waals surface area contributed by atoms with Crippen molar-refractivity contribution in [2.75, 3.05) is 6.61 Å². The fourth-order valence-electron chi connectivity index (χ4n) is 7.77. The molecule has 7 atom stereocenters. The number of aliphatic hydroxyl groups is 2. The molecule has 4 fully saturated rings. The zero-order valence-corrected chi connectivity index (χ0v) is 13.8. The average Bonchev–Trinajstić information content (AvgIpc) is 2.68. The number of aliphatic hydroxyl groups excluding tert-OH is 1. The Kier molecular flexibility index (Phi) is 3.09. The molecule has 2 bridgehead atoms. The molecule has 4 aliphatic carbocycles. The van der Waals surface area contributed by atoms with Gasteiger partial charge in [0.1, 0.15) is 0 Å². The molecule has 4 aliphatic rings. The molecule has 4 saturated carbocycles. The van der Waals surface area contributed by atoms with E-state index in [1.807, 2.05) is 0 Å². The maximum atomic E-state index is 11.0. The predicted molar refractivity (Wildman–Crippen MR) is 83.8 cm³/mol. The van der Waals surface area contributed by atoms with Crippen molar-refractivity contribution >= 4 is 0 Å². The maximum Gasteiger partial charge on any atom is 0.0653 e. The Balaban J connectivity index is 1.70. The molecule has 0 aromatic heterocycles. The third-order valence-corrected chi connectivity index (χ3v) is 8.48. The first-order valence-electron chi connectivity index (χ1n) is 9.25. The molecule has 1 unspecified atom stereocenters. The molecule has 2 N–H and O–H groups in total. The second-order valence-corrected chi connectivity index (χ2v) is 9.41. The van der Waals surface area contributed by atoms with Crippen LogP contribution in [0.15, 0.2) is 0 Å². The van der Waals surface area contributed by atoms with Crippen molar-refractivity contribution in [3.05, 3.63) is 0 Å². The average molecular weight is 292 g/mol. The molecule has 0 saturated heterocycles. The van der Waals surface area contributed by atoms with Gasteiger partial charge in [0.25, 0.3) is 0 Å². The van der Waals surface area contributed by atoms with Crippen molar-refractivity contribution in [2.45, 2.75) is 77.2 Å². The minimum atomic E-state index is -0.444. The normalized spacial score (nSPS) is 59.4. The van der Waals surface area contributed by atoms with Crippen LogP contribution in [0.3, 0.4) is 0 Å². The van der Waals surface area contributed by atoms with Gasteiger partial charge in [-0.3, -0.25) is 0 Å². The van der Waals surface area contributed by atoms with Gasteiger partial charge < -0.3 is 10.2 Å². The largest absolute Gasteiger partial charge is 0.396 e. The van der Waals surface area contributed by atoms with Gasteiger partial charge in [-0.15, -0.1) is 0 Å². The summed E-state index contributed by atoms with van der Waals surface area (Å²) >= 11 is 0. The van der Waals surface area contributed by atoms with E-state index in [0.29, 0.717) is 29.3 Å². The Bertz CT molecular complexity index is 431. The van der Waals surface area contributed by atoms with Crippen LogP contribution in [0.2, 0.25) is 0 Å². The molecule has 0 heterocycles. The van der Waals surface area contributed by atoms with Gasteiger partial charge in [-0.25, -0.2) is 0 Å². The van der Waals surface area contributed by atoms with E-state index < -0.39 is 5.60 Å². The minimum absolute atomic E-state index is 0.343. The molecule has 0 aliphatic heterocycles. The molecule has 1 spiro atoms. The Morgan fingerprint density at radius 2 is 1.76 bits per heavy atom. The molecule has 0 aromatic rings. The summed E-state index contributed by atoms with van der Waals surface area (Å²) in [6.07, 6.45) is 11.3. The molecule has 4 rings (SSSR count). The van der Waals surface area contributed by atoms with E-state index in [1.165, 1.54) is 51.4 Å². The van der Waals surface area contributed by atoms with Gasteiger partial charge >= 0.3 is 0 Å².